The van der Waals surface area contributed by atoms with Gasteiger partial charge in [0.05, 0.1) is 10.0 Å². The normalized spacial score (nSPS) is 27.1. The fourth-order valence-electron chi connectivity index (χ4n) is 2.72. The second-order valence-corrected chi connectivity index (χ2v) is 5.75. The van der Waals surface area contributed by atoms with E-state index in [-0.39, 0.29) is 12.2 Å². The van der Waals surface area contributed by atoms with Crippen molar-refractivity contribution in [1.29, 1.82) is 0 Å². The summed E-state index contributed by atoms with van der Waals surface area (Å²) in [5.41, 5.74) is 0.889. The minimum Gasteiger partial charge on any atom is -0.458 e. The summed E-state index contributed by atoms with van der Waals surface area (Å²) in [5, 5.41) is 4.75. The maximum Gasteiger partial charge on any atom is 0.303 e. The molecule has 5 nitrogen and oxygen atoms in total. The molecule has 0 N–H and O–H groups in total. The molecule has 0 spiro atoms. The van der Waals surface area contributed by atoms with Gasteiger partial charge in [-0.05, 0) is 12.1 Å². The van der Waals surface area contributed by atoms with Crippen LogP contribution in [0.3, 0.4) is 0 Å². The lowest BCUT2D eigenvalue weighted by atomic mass is 9.93. The Morgan fingerprint density at radius 1 is 1.38 bits per heavy atom. The Morgan fingerprint density at radius 2 is 2.05 bits per heavy atom. The summed E-state index contributed by atoms with van der Waals surface area (Å²) in [7, 11) is 0. The van der Waals surface area contributed by atoms with Crippen molar-refractivity contribution in [2.45, 2.75) is 25.6 Å². The highest BCUT2D eigenvalue weighted by Gasteiger charge is 2.53. The highest BCUT2D eigenvalue weighted by atomic mass is 35.5. The summed E-state index contributed by atoms with van der Waals surface area (Å²) in [6, 6.07) is 5.04. The van der Waals surface area contributed by atoms with Crippen LogP contribution in [0.1, 0.15) is 18.9 Å². The molecule has 0 unspecified atom stereocenters. The van der Waals surface area contributed by atoms with Gasteiger partial charge in [0.15, 0.2) is 6.10 Å². The number of esters is 1. The van der Waals surface area contributed by atoms with Gasteiger partial charge in [-0.15, -0.1) is 0 Å². The molecule has 2 aliphatic rings. The predicted octanol–water partition coefficient (Wildman–Crippen LogP) is 2.62. The van der Waals surface area contributed by atoms with Crippen LogP contribution in [-0.4, -0.2) is 29.7 Å². The number of nitrogens with zero attached hydrogens (tertiary/aromatic N) is 1. The van der Waals surface area contributed by atoms with E-state index in [2.05, 4.69) is 5.16 Å². The van der Waals surface area contributed by atoms with Crippen LogP contribution in [0.25, 0.3) is 0 Å². The average Bonchev–Trinajstić information content (AvgIpc) is 2.93. The van der Waals surface area contributed by atoms with Gasteiger partial charge in [0.25, 0.3) is 0 Å². The number of Topliss-reactive ketones (excluding diaryl/α,β-unsaturated/α-hetero) is 1. The van der Waals surface area contributed by atoms with Crippen molar-refractivity contribution in [2.75, 3.05) is 0 Å². The maximum absolute atomic E-state index is 12.2. The number of oxime groups is 1. The first-order valence-corrected chi connectivity index (χ1v) is 7.12. The molecule has 0 radical (unpaired) electrons. The van der Waals surface area contributed by atoms with Crippen molar-refractivity contribution < 1.29 is 19.2 Å². The topological polar surface area (TPSA) is 65.0 Å². The number of rotatable bonds is 2. The summed E-state index contributed by atoms with van der Waals surface area (Å²) >= 11 is 12.3. The third-order valence-corrected chi connectivity index (χ3v) is 4.18. The largest absolute Gasteiger partial charge is 0.458 e. The quantitative estimate of drug-likeness (QED) is 0.783. The Balaban J connectivity index is 1.94. The Kier molecular flexibility index (Phi) is 3.63. The number of halogens is 2. The summed E-state index contributed by atoms with van der Waals surface area (Å²) in [6.07, 6.45) is -1.12. The average molecular weight is 328 g/mol. The molecule has 1 saturated carbocycles. The van der Waals surface area contributed by atoms with E-state index in [9.17, 15) is 9.59 Å². The lowest BCUT2D eigenvalue weighted by Gasteiger charge is -2.15. The molecule has 1 aromatic carbocycles. The summed E-state index contributed by atoms with van der Waals surface area (Å²) < 4.78 is 5.12. The van der Waals surface area contributed by atoms with Crippen LogP contribution in [0, 0.1) is 5.92 Å². The standard InChI is InChI=1S/C14H11Cl2NO4/c1-6(18)20-10-5-9(19)12-13(17-21-14(10)12)11-7(15)3-2-4-8(11)16/h2-4,10,12,14H,5H2,1H3/t10-,12+,14+/m1/s1. The van der Waals surface area contributed by atoms with Gasteiger partial charge in [-0.1, -0.05) is 34.4 Å². The van der Waals surface area contributed by atoms with Gasteiger partial charge in [0.1, 0.15) is 23.5 Å². The van der Waals surface area contributed by atoms with Gasteiger partial charge in [0.2, 0.25) is 0 Å². The Bertz CT molecular complexity index is 638. The number of carbonyl (C=O) groups is 2. The smallest absolute Gasteiger partial charge is 0.303 e. The number of hydrogen-bond donors (Lipinski definition) is 0. The van der Waals surface area contributed by atoms with Crippen molar-refractivity contribution in [1.82, 2.24) is 0 Å². The molecule has 0 bridgehead atoms. The molecule has 0 aromatic heterocycles. The number of hydrogen-bond acceptors (Lipinski definition) is 5. The van der Waals surface area contributed by atoms with E-state index in [4.69, 9.17) is 32.8 Å². The van der Waals surface area contributed by atoms with Crippen molar-refractivity contribution in [3.05, 3.63) is 33.8 Å². The van der Waals surface area contributed by atoms with Crippen LogP contribution in [0.4, 0.5) is 0 Å². The van der Waals surface area contributed by atoms with E-state index >= 15 is 0 Å². The molecule has 1 aliphatic heterocycles. The molecule has 1 aromatic rings. The summed E-state index contributed by atoms with van der Waals surface area (Å²) in [5.74, 6) is -1.16. The maximum atomic E-state index is 12.2. The first kappa shape index (κ1) is 14.4. The first-order valence-electron chi connectivity index (χ1n) is 6.37. The Labute approximate surface area is 130 Å². The van der Waals surface area contributed by atoms with E-state index in [0.29, 0.717) is 21.3 Å². The molecule has 7 heteroatoms. The zero-order chi connectivity index (χ0) is 15.1. The van der Waals surface area contributed by atoms with Gasteiger partial charge in [0, 0.05) is 18.9 Å². The molecule has 21 heavy (non-hydrogen) atoms. The minimum absolute atomic E-state index is 0.0986. The monoisotopic (exact) mass is 327 g/mol. The van der Waals surface area contributed by atoms with Crippen LogP contribution in [0.2, 0.25) is 10.0 Å². The third-order valence-electron chi connectivity index (χ3n) is 3.55. The summed E-state index contributed by atoms with van der Waals surface area (Å²) in [6.45, 7) is 1.29. The lowest BCUT2D eigenvalue weighted by molar-refractivity contribution is -0.152. The van der Waals surface area contributed by atoms with E-state index in [1.54, 1.807) is 18.2 Å². The molecule has 0 amide bonds. The molecular formula is C14H11Cl2NO4. The highest BCUT2D eigenvalue weighted by molar-refractivity contribution is 6.41. The molecular weight excluding hydrogens is 317 g/mol. The molecule has 3 rings (SSSR count). The van der Waals surface area contributed by atoms with Crippen molar-refractivity contribution in [3.8, 4) is 0 Å². The van der Waals surface area contributed by atoms with Gasteiger partial charge < -0.3 is 9.57 Å². The molecule has 110 valence electrons. The van der Waals surface area contributed by atoms with Gasteiger partial charge in [-0.25, -0.2) is 0 Å². The molecule has 1 aliphatic carbocycles. The Morgan fingerprint density at radius 3 is 2.67 bits per heavy atom. The van der Waals surface area contributed by atoms with E-state index in [1.807, 2.05) is 0 Å². The van der Waals surface area contributed by atoms with E-state index in [0.717, 1.165) is 0 Å². The number of ether oxygens (including phenoxy) is 1. The lowest BCUT2D eigenvalue weighted by Crippen LogP contribution is -2.31. The molecule has 1 heterocycles. The van der Waals surface area contributed by atoms with Crippen LogP contribution < -0.4 is 0 Å². The second-order valence-electron chi connectivity index (χ2n) is 4.94. The van der Waals surface area contributed by atoms with Crippen LogP contribution in [0.5, 0.6) is 0 Å². The number of ketones is 1. The summed E-state index contributed by atoms with van der Waals surface area (Å²) in [4.78, 5) is 28.6. The third kappa shape index (κ3) is 2.40. The highest BCUT2D eigenvalue weighted by Crippen LogP contribution is 2.39. The zero-order valence-corrected chi connectivity index (χ0v) is 12.5. The van der Waals surface area contributed by atoms with Crippen LogP contribution >= 0.6 is 23.2 Å². The van der Waals surface area contributed by atoms with Gasteiger partial charge in [-0.2, -0.15) is 0 Å². The molecule has 3 atom stereocenters. The first-order chi connectivity index (χ1) is 9.99. The molecule has 1 fully saturated rings. The fraction of sp³-hybridized carbons (Fsp3) is 0.357. The Hall–Kier alpha value is -1.59. The SMILES string of the molecule is CC(=O)O[C@@H]1CC(=O)[C@H]2C(c3c(Cl)cccc3Cl)=NO[C@H]21. The van der Waals surface area contributed by atoms with E-state index < -0.39 is 24.1 Å². The second kappa shape index (κ2) is 5.31. The number of fused-ring (bicyclic) bond motifs is 1. The van der Waals surface area contributed by atoms with Crippen LogP contribution in [0.15, 0.2) is 23.4 Å². The fourth-order valence-corrected chi connectivity index (χ4v) is 3.31. The van der Waals surface area contributed by atoms with Crippen LogP contribution in [-0.2, 0) is 19.2 Å². The number of benzene rings is 1. The predicted molar refractivity (Wildman–Crippen MR) is 76.5 cm³/mol. The van der Waals surface area contributed by atoms with Crippen molar-refractivity contribution in [2.24, 2.45) is 11.1 Å². The minimum atomic E-state index is -0.623. The molecule has 0 saturated heterocycles. The zero-order valence-electron chi connectivity index (χ0n) is 11.0. The van der Waals surface area contributed by atoms with Gasteiger partial charge in [-0.3, -0.25) is 9.59 Å². The number of carbonyl (C=O) groups excluding carboxylic acids is 2. The van der Waals surface area contributed by atoms with E-state index in [1.165, 1.54) is 6.92 Å². The van der Waals surface area contributed by atoms with Crippen molar-refractivity contribution in [3.63, 3.8) is 0 Å². The van der Waals surface area contributed by atoms with Gasteiger partial charge >= 0.3 is 5.97 Å². The van der Waals surface area contributed by atoms with Crippen molar-refractivity contribution >= 4 is 40.7 Å².